The predicted molar refractivity (Wildman–Crippen MR) is 125 cm³/mol. The van der Waals surface area contributed by atoms with Crippen molar-refractivity contribution in [3.8, 4) is 22.8 Å². The zero-order chi connectivity index (χ0) is 21.8. The van der Waals surface area contributed by atoms with E-state index in [1.165, 1.54) is 16.7 Å². The highest BCUT2D eigenvalue weighted by atomic mass is 16.5. The molecule has 0 saturated carbocycles. The molecule has 4 nitrogen and oxygen atoms in total. The summed E-state index contributed by atoms with van der Waals surface area (Å²) in [5, 5.41) is 0. The molecule has 0 amide bonds. The van der Waals surface area contributed by atoms with Gasteiger partial charge in [-0.1, -0.05) is 30.3 Å². The topological polar surface area (TPSA) is 43.7 Å². The number of methoxy groups -OCH3 is 1. The Labute approximate surface area is 184 Å². The Hall–Kier alpha value is -3.14. The number of pyridine rings is 1. The molecule has 0 N–H and O–H groups in total. The van der Waals surface area contributed by atoms with Gasteiger partial charge in [-0.25, -0.2) is 0 Å². The van der Waals surface area contributed by atoms with E-state index in [1.807, 2.05) is 24.4 Å². The van der Waals surface area contributed by atoms with E-state index in [9.17, 15) is 0 Å². The number of ether oxygens (including phenoxy) is 2. The Kier molecular flexibility index (Phi) is 4.44. The average Bonchev–Trinajstić information content (AvgIpc) is 3.07. The molecule has 31 heavy (non-hydrogen) atoms. The minimum absolute atomic E-state index is 0.184. The van der Waals surface area contributed by atoms with Crippen LogP contribution in [-0.4, -0.2) is 28.9 Å². The van der Waals surface area contributed by atoms with E-state index in [-0.39, 0.29) is 11.1 Å². The van der Waals surface area contributed by atoms with Crippen molar-refractivity contribution in [2.75, 3.05) is 7.11 Å². The van der Waals surface area contributed by atoms with Crippen LogP contribution in [0.1, 0.15) is 49.9 Å². The third kappa shape index (κ3) is 3.50. The fourth-order valence-corrected chi connectivity index (χ4v) is 4.76. The first-order valence-electron chi connectivity index (χ1n) is 10.8. The first kappa shape index (κ1) is 19.8. The summed E-state index contributed by atoms with van der Waals surface area (Å²) in [4.78, 5) is 9.69. The Balaban J connectivity index is 1.66. The normalized spacial score (nSPS) is 17.9. The number of benzene rings is 2. The molecule has 0 bridgehead atoms. The van der Waals surface area contributed by atoms with Crippen LogP contribution in [0.2, 0.25) is 0 Å². The minimum atomic E-state index is -0.258. The van der Waals surface area contributed by atoms with Crippen molar-refractivity contribution in [1.29, 1.82) is 0 Å². The van der Waals surface area contributed by atoms with Crippen LogP contribution in [0.15, 0.2) is 59.7 Å². The lowest BCUT2D eigenvalue weighted by atomic mass is 9.81. The molecular formula is C27H28N2O2. The second-order valence-corrected chi connectivity index (χ2v) is 9.70. The van der Waals surface area contributed by atoms with Gasteiger partial charge in [-0.3, -0.25) is 9.98 Å². The van der Waals surface area contributed by atoms with Crippen molar-refractivity contribution in [2.45, 2.75) is 51.7 Å². The molecule has 0 fully saturated rings. The maximum atomic E-state index is 6.31. The van der Waals surface area contributed by atoms with E-state index in [4.69, 9.17) is 14.5 Å². The van der Waals surface area contributed by atoms with Gasteiger partial charge in [-0.2, -0.15) is 0 Å². The summed E-state index contributed by atoms with van der Waals surface area (Å²) in [5.74, 6) is 1.69. The molecule has 3 heterocycles. The number of hydrogen-bond donors (Lipinski definition) is 0. The van der Waals surface area contributed by atoms with Crippen molar-refractivity contribution in [3.05, 3.63) is 77.0 Å². The third-order valence-electron chi connectivity index (χ3n) is 6.02. The number of nitrogens with zero attached hydrogens (tertiary/aromatic N) is 2. The third-order valence-corrected chi connectivity index (χ3v) is 6.02. The number of aromatic nitrogens is 1. The van der Waals surface area contributed by atoms with Crippen LogP contribution in [-0.2, 0) is 12.8 Å². The zero-order valence-electron chi connectivity index (χ0n) is 18.8. The van der Waals surface area contributed by atoms with E-state index in [1.54, 1.807) is 7.11 Å². The van der Waals surface area contributed by atoms with Gasteiger partial charge in [0.1, 0.15) is 5.60 Å². The molecule has 158 valence electrons. The van der Waals surface area contributed by atoms with Gasteiger partial charge in [0.2, 0.25) is 0 Å². The molecule has 0 spiro atoms. The SMILES string of the molecule is COc1cc2c(c3c1OC(C)(C)C3)C(c1ccc(-c3ccccn3)cc1)=NC(C)(C)C2. The quantitative estimate of drug-likeness (QED) is 0.559. The lowest BCUT2D eigenvalue weighted by molar-refractivity contribution is 0.134. The maximum Gasteiger partial charge on any atom is 0.166 e. The zero-order valence-corrected chi connectivity index (χ0v) is 18.8. The average molecular weight is 413 g/mol. The lowest BCUT2D eigenvalue weighted by Gasteiger charge is -2.31. The van der Waals surface area contributed by atoms with Crippen molar-refractivity contribution in [1.82, 2.24) is 4.98 Å². The summed E-state index contributed by atoms with van der Waals surface area (Å²) in [5.41, 5.74) is 7.49. The van der Waals surface area contributed by atoms with Crippen molar-refractivity contribution >= 4 is 5.71 Å². The van der Waals surface area contributed by atoms with Crippen molar-refractivity contribution in [3.63, 3.8) is 0 Å². The van der Waals surface area contributed by atoms with Crippen LogP contribution < -0.4 is 9.47 Å². The molecule has 0 saturated heterocycles. The maximum absolute atomic E-state index is 6.31. The smallest absolute Gasteiger partial charge is 0.166 e. The molecule has 0 radical (unpaired) electrons. The first-order chi connectivity index (χ1) is 14.8. The van der Waals surface area contributed by atoms with Gasteiger partial charge >= 0.3 is 0 Å². The van der Waals surface area contributed by atoms with Crippen LogP contribution in [0.25, 0.3) is 11.3 Å². The summed E-state index contributed by atoms with van der Waals surface area (Å²) >= 11 is 0. The highest BCUT2D eigenvalue weighted by molar-refractivity contribution is 6.16. The monoisotopic (exact) mass is 412 g/mol. The molecule has 3 aromatic rings. The fourth-order valence-electron chi connectivity index (χ4n) is 4.76. The van der Waals surface area contributed by atoms with Gasteiger partial charge in [0.05, 0.1) is 24.1 Å². The molecule has 2 aliphatic rings. The summed E-state index contributed by atoms with van der Waals surface area (Å²) in [6, 6.07) is 16.7. The Bertz CT molecular complexity index is 1180. The fraction of sp³-hybridized carbons (Fsp3) is 0.333. The van der Waals surface area contributed by atoms with E-state index in [0.717, 1.165) is 46.9 Å². The molecule has 2 aromatic carbocycles. The predicted octanol–water partition coefficient (Wildman–Crippen LogP) is 5.64. The highest BCUT2D eigenvalue weighted by Gasteiger charge is 2.39. The van der Waals surface area contributed by atoms with E-state index >= 15 is 0 Å². The molecule has 0 atom stereocenters. The molecule has 2 aliphatic heterocycles. The first-order valence-corrected chi connectivity index (χ1v) is 10.8. The van der Waals surface area contributed by atoms with Crippen LogP contribution in [0.4, 0.5) is 0 Å². The Morgan fingerprint density at radius 1 is 0.935 bits per heavy atom. The van der Waals surface area contributed by atoms with E-state index < -0.39 is 0 Å². The van der Waals surface area contributed by atoms with Gasteiger partial charge < -0.3 is 9.47 Å². The number of fused-ring (bicyclic) bond motifs is 3. The van der Waals surface area contributed by atoms with E-state index in [2.05, 4.69) is 63.0 Å². The van der Waals surface area contributed by atoms with Crippen LogP contribution >= 0.6 is 0 Å². The summed E-state index contributed by atoms with van der Waals surface area (Å²) in [6.45, 7) is 8.64. The Morgan fingerprint density at radius 3 is 2.35 bits per heavy atom. The molecule has 0 unspecified atom stereocenters. The molecular weight excluding hydrogens is 384 g/mol. The molecule has 1 aromatic heterocycles. The summed E-state index contributed by atoms with van der Waals surface area (Å²) in [6.07, 6.45) is 3.54. The minimum Gasteiger partial charge on any atom is -0.493 e. The summed E-state index contributed by atoms with van der Waals surface area (Å²) < 4.78 is 12.0. The van der Waals surface area contributed by atoms with Gasteiger partial charge in [0, 0.05) is 34.9 Å². The highest BCUT2D eigenvalue weighted by Crippen LogP contribution is 2.47. The van der Waals surface area contributed by atoms with Crippen LogP contribution in [0.5, 0.6) is 11.5 Å². The second kappa shape index (κ2) is 6.94. The summed E-state index contributed by atoms with van der Waals surface area (Å²) in [7, 11) is 1.72. The second-order valence-electron chi connectivity index (χ2n) is 9.70. The van der Waals surface area contributed by atoms with Crippen molar-refractivity contribution in [2.24, 2.45) is 4.99 Å². The van der Waals surface area contributed by atoms with Gasteiger partial charge in [0.15, 0.2) is 11.5 Å². The van der Waals surface area contributed by atoms with Crippen molar-refractivity contribution < 1.29 is 9.47 Å². The van der Waals surface area contributed by atoms with Crippen LogP contribution in [0.3, 0.4) is 0 Å². The largest absolute Gasteiger partial charge is 0.493 e. The molecule has 5 rings (SSSR count). The number of rotatable bonds is 3. The van der Waals surface area contributed by atoms with Gasteiger partial charge in [0.25, 0.3) is 0 Å². The lowest BCUT2D eigenvalue weighted by Crippen LogP contribution is -2.30. The number of hydrogen-bond acceptors (Lipinski definition) is 4. The molecule has 0 aliphatic carbocycles. The standard InChI is InChI=1S/C27H28N2O2/c1-26(2)15-19-14-22(30-5)25-20(16-27(3,4)31-25)23(19)24(29-26)18-11-9-17(10-12-18)21-8-6-7-13-28-21/h6-14H,15-16H2,1-5H3. The van der Waals surface area contributed by atoms with Gasteiger partial charge in [-0.05, 0) is 57.9 Å². The van der Waals surface area contributed by atoms with Crippen LogP contribution in [0, 0.1) is 0 Å². The number of aliphatic imine (C=N–C) groups is 1. The molecule has 4 heteroatoms. The van der Waals surface area contributed by atoms with E-state index in [0.29, 0.717) is 0 Å². The Morgan fingerprint density at radius 2 is 1.68 bits per heavy atom. The van der Waals surface area contributed by atoms with Gasteiger partial charge in [-0.15, -0.1) is 0 Å².